The van der Waals surface area contributed by atoms with Crippen molar-refractivity contribution in [2.45, 2.75) is 44.9 Å². The van der Waals surface area contributed by atoms with Crippen molar-refractivity contribution in [1.29, 1.82) is 5.26 Å². The van der Waals surface area contributed by atoms with Crippen molar-refractivity contribution in [3.05, 3.63) is 28.8 Å². The van der Waals surface area contributed by atoms with E-state index in [1.165, 1.54) is 18.4 Å². The molecule has 0 spiro atoms. The molecule has 17 heavy (non-hydrogen) atoms. The zero-order chi connectivity index (χ0) is 12.6. The van der Waals surface area contributed by atoms with Crippen molar-refractivity contribution in [2.75, 3.05) is 7.11 Å². The van der Waals surface area contributed by atoms with Crippen molar-refractivity contribution in [2.24, 2.45) is 0 Å². The highest BCUT2D eigenvalue weighted by Gasteiger charge is 2.39. The van der Waals surface area contributed by atoms with E-state index in [1.54, 1.807) is 7.11 Å². The summed E-state index contributed by atoms with van der Waals surface area (Å²) in [6, 6.07) is 6.47. The van der Waals surface area contributed by atoms with Gasteiger partial charge in [-0.1, -0.05) is 26.8 Å². The monoisotopic (exact) mass is 229 g/mol. The maximum atomic E-state index is 9.24. The van der Waals surface area contributed by atoms with Crippen LogP contribution in [0, 0.1) is 11.3 Å². The van der Waals surface area contributed by atoms with E-state index < -0.39 is 0 Å². The molecule has 1 fully saturated rings. The quantitative estimate of drug-likeness (QED) is 0.791. The first-order chi connectivity index (χ1) is 8.01. The van der Waals surface area contributed by atoms with Gasteiger partial charge in [0.15, 0.2) is 0 Å². The summed E-state index contributed by atoms with van der Waals surface area (Å²) < 4.78 is 5.39. The summed E-state index contributed by atoms with van der Waals surface area (Å²) in [7, 11) is 1.64. The standard InChI is InChI=1S/C15H19NO/c1-10(2)13-8-12(15(3)5-6-15)7-11(9-16)14(13)17-4/h7-8,10H,5-6H2,1-4H3. The van der Waals surface area contributed by atoms with Gasteiger partial charge in [0.05, 0.1) is 12.7 Å². The molecule has 1 aliphatic carbocycles. The molecular weight excluding hydrogens is 210 g/mol. The van der Waals surface area contributed by atoms with Crippen LogP contribution in [-0.2, 0) is 5.41 Å². The molecule has 0 bridgehead atoms. The largest absolute Gasteiger partial charge is 0.495 e. The van der Waals surface area contributed by atoms with E-state index in [-0.39, 0.29) is 0 Å². The number of rotatable bonds is 3. The molecule has 1 aromatic rings. The Kier molecular flexibility index (Phi) is 2.87. The van der Waals surface area contributed by atoms with Gasteiger partial charge in [-0.25, -0.2) is 0 Å². The molecular formula is C15H19NO. The van der Waals surface area contributed by atoms with E-state index in [9.17, 15) is 5.26 Å². The predicted molar refractivity (Wildman–Crippen MR) is 68.4 cm³/mol. The summed E-state index contributed by atoms with van der Waals surface area (Å²) in [5.74, 6) is 1.12. The van der Waals surface area contributed by atoms with E-state index >= 15 is 0 Å². The van der Waals surface area contributed by atoms with Gasteiger partial charge in [0.1, 0.15) is 11.8 Å². The Bertz CT molecular complexity index is 478. The van der Waals surface area contributed by atoms with Gasteiger partial charge in [-0.3, -0.25) is 0 Å². The zero-order valence-electron chi connectivity index (χ0n) is 11.0. The number of benzene rings is 1. The second-order valence-electron chi connectivity index (χ2n) is 5.47. The number of hydrogen-bond acceptors (Lipinski definition) is 2. The molecule has 0 aliphatic heterocycles. The average Bonchev–Trinajstić information content (AvgIpc) is 3.06. The molecule has 0 amide bonds. The number of nitriles is 1. The second kappa shape index (κ2) is 4.07. The lowest BCUT2D eigenvalue weighted by Crippen LogP contribution is -2.05. The van der Waals surface area contributed by atoms with Crippen molar-refractivity contribution >= 4 is 0 Å². The molecule has 2 nitrogen and oxygen atoms in total. The molecule has 0 unspecified atom stereocenters. The van der Waals surface area contributed by atoms with E-state index in [2.05, 4.69) is 32.9 Å². The van der Waals surface area contributed by atoms with Crippen molar-refractivity contribution in [1.82, 2.24) is 0 Å². The smallest absolute Gasteiger partial charge is 0.140 e. The molecule has 2 heteroatoms. The van der Waals surface area contributed by atoms with Crippen LogP contribution >= 0.6 is 0 Å². The van der Waals surface area contributed by atoms with Gasteiger partial charge in [0.25, 0.3) is 0 Å². The Balaban J connectivity index is 2.60. The Hall–Kier alpha value is -1.49. The van der Waals surface area contributed by atoms with Crippen molar-refractivity contribution in [3.8, 4) is 11.8 Å². The third-order valence-electron chi connectivity index (χ3n) is 3.76. The molecule has 1 saturated carbocycles. The first kappa shape index (κ1) is 12.0. The topological polar surface area (TPSA) is 33.0 Å². The molecule has 0 atom stereocenters. The summed E-state index contributed by atoms with van der Waals surface area (Å²) in [6.07, 6.45) is 2.45. The highest BCUT2D eigenvalue weighted by Crippen LogP contribution is 2.49. The fourth-order valence-electron chi connectivity index (χ4n) is 2.22. The second-order valence-corrected chi connectivity index (χ2v) is 5.47. The maximum absolute atomic E-state index is 9.24. The first-order valence-corrected chi connectivity index (χ1v) is 6.14. The van der Waals surface area contributed by atoms with E-state index in [0.29, 0.717) is 16.9 Å². The zero-order valence-corrected chi connectivity index (χ0v) is 11.0. The molecule has 1 aromatic carbocycles. The van der Waals surface area contributed by atoms with E-state index in [0.717, 1.165) is 11.3 Å². The molecule has 0 saturated heterocycles. The van der Waals surface area contributed by atoms with Gasteiger partial charge in [-0.05, 0) is 41.4 Å². The third kappa shape index (κ3) is 2.02. The van der Waals surface area contributed by atoms with Gasteiger partial charge in [-0.15, -0.1) is 0 Å². The fourth-order valence-corrected chi connectivity index (χ4v) is 2.22. The minimum atomic E-state index is 0.293. The summed E-state index contributed by atoms with van der Waals surface area (Å²) in [5, 5.41) is 9.24. The summed E-state index contributed by atoms with van der Waals surface area (Å²) in [6.45, 7) is 6.54. The van der Waals surface area contributed by atoms with Gasteiger partial charge < -0.3 is 4.74 Å². The van der Waals surface area contributed by atoms with Crippen LogP contribution in [0.15, 0.2) is 12.1 Å². The van der Waals surface area contributed by atoms with Crippen molar-refractivity contribution < 1.29 is 4.74 Å². The first-order valence-electron chi connectivity index (χ1n) is 6.14. The summed E-state index contributed by atoms with van der Waals surface area (Å²) >= 11 is 0. The van der Waals surface area contributed by atoms with Gasteiger partial charge >= 0.3 is 0 Å². The highest BCUT2D eigenvalue weighted by atomic mass is 16.5. The summed E-state index contributed by atoms with van der Waals surface area (Å²) in [5.41, 5.74) is 3.40. The lowest BCUT2D eigenvalue weighted by atomic mass is 9.90. The molecule has 2 rings (SSSR count). The van der Waals surface area contributed by atoms with Crippen molar-refractivity contribution in [3.63, 3.8) is 0 Å². The highest BCUT2D eigenvalue weighted by molar-refractivity contribution is 5.54. The van der Waals surface area contributed by atoms with E-state index in [1.807, 2.05) is 6.07 Å². The van der Waals surface area contributed by atoms with Gasteiger partial charge in [-0.2, -0.15) is 5.26 Å². The van der Waals surface area contributed by atoms with Crippen LogP contribution in [0.1, 0.15) is 56.2 Å². The molecule has 0 aromatic heterocycles. The van der Waals surface area contributed by atoms with Crippen LogP contribution in [0.4, 0.5) is 0 Å². The number of hydrogen-bond donors (Lipinski definition) is 0. The van der Waals surface area contributed by atoms with Crippen LogP contribution < -0.4 is 4.74 Å². The Morgan fingerprint density at radius 3 is 2.41 bits per heavy atom. The number of nitrogens with zero attached hydrogens (tertiary/aromatic N) is 1. The molecule has 0 heterocycles. The molecule has 0 N–H and O–H groups in total. The van der Waals surface area contributed by atoms with Gasteiger partial charge in [0, 0.05) is 0 Å². The van der Waals surface area contributed by atoms with Crippen LogP contribution in [0.5, 0.6) is 5.75 Å². The fraction of sp³-hybridized carbons (Fsp3) is 0.533. The predicted octanol–water partition coefficient (Wildman–Crippen LogP) is 3.74. The van der Waals surface area contributed by atoms with Gasteiger partial charge in [0.2, 0.25) is 0 Å². The summed E-state index contributed by atoms with van der Waals surface area (Å²) in [4.78, 5) is 0. The lowest BCUT2D eigenvalue weighted by Gasteiger charge is -2.18. The Morgan fingerprint density at radius 1 is 1.35 bits per heavy atom. The number of methoxy groups -OCH3 is 1. The molecule has 0 radical (unpaired) electrons. The SMILES string of the molecule is COc1c(C#N)cc(C2(C)CC2)cc1C(C)C. The minimum absolute atomic E-state index is 0.293. The Labute approximate surface area is 103 Å². The lowest BCUT2D eigenvalue weighted by molar-refractivity contribution is 0.406. The van der Waals surface area contributed by atoms with Crippen LogP contribution in [-0.4, -0.2) is 7.11 Å². The van der Waals surface area contributed by atoms with Crippen LogP contribution in [0.3, 0.4) is 0 Å². The number of ether oxygens (including phenoxy) is 1. The van der Waals surface area contributed by atoms with E-state index in [4.69, 9.17) is 4.74 Å². The Morgan fingerprint density at radius 2 is 2.00 bits per heavy atom. The van der Waals surface area contributed by atoms with Crippen LogP contribution in [0.25, 0.3) is 0 Å². The molecule has 1 aliphatic rings. The maximum Gasteiger partial charge on any atom is 0.140 e. The normalized spacial score (nSPS) is 16.7. The minimum Gasteiger partial charge on any atom is -0.495 e. The average molecular weight is 229 g/mol. The molecule has 90 valence electrons. The van der Waals surface area contributed by atoms with Crippen LogP contribution in [0.2, 0.25) is 0 Å². The third-order valence-corrected chi connectivity index (χ3v) is 3.76.